The second kappa shape index (κ2) is 5.63. The predicted molar refractivity (Wildman–Crippen MR) is 99.1 cm³/mol. The summed E-state index contributed by atoms with van der Waals surface area (Å²) in [6.45, 7) is 0. The smallest absolute Gasteiger partial charge is 0.154 e. The SMILES string of the molecule is Cn1nc(Nc2ncnc3c(-c4ccccc4)nsc23)cc1C1CC1. The number of hydrogen-bond donors (Lipinski definition) is 1. The maximum atomic E-state index is 4.60. The lowest BCUT2D eigenvalue weighted by Crippen LogP contribution is -1.98. The molecule has 0 unspecified atom stereocenters. The first-order valence-electron chi connectivity index (χ1n) is 8.26. The van der Waals surface area contributed by atoms with Gasteiger partial charge in [-0.1, -0.05) is 30.3 Å². The third-order valence-electron chi connectivity index (χ3n) is 4.46. The van der Waals surface area contributed by atoms with E-state index in [4.69, 9.17) is 0 Å². The van der Waals surface area contributed by atoms with Gasteiger partial charge in [0.05, 0.1) is 0 Å². The van der Waals surface area contributed by atoms with Crippen LogP contribution in [0, 0.1) is 0 Å². The fourth-order valence-electron chi connectivity index (χ4n) is 3.06. The molecule has 0 saturated heterocycles. The highest BCUT2D eigenvalue weighted by Crippen LogP contribution is 2.41. The Hall–Kier alpha value is -2.80. The monoisotopic (exact) mass is 348 g/mol. The van der Waals surface area contributed by atoms with E-state index < -0.39 is 0 Å². The summed E-state index contributed by atoms with van der Waals surface area (Å²) in [5.74, 6) is 2.23. The first-order chi connectivity index (χ1) is 12.3. The molecule has 1 saturated carbocycles. The van der Waals surface area contributed by atoms with Crippen LogP contribution in [0.25, 0.3) is 21.5 Å². The Morgan fingerprint density at radius 3 is 2.80 bits per heavy atom. The highest BCUT2D eigenvalue weighted by atomic mass is 32.1. The van der Waals surface area contributed by atoms with Crippen molar-refractivity contribution < 1.29 is 0 Å². The lowest BCUT2D eigenvalue weighted by Gasteiger charge is -2.02. The number of fused-ring (bicyclic) bond motifs is 1. The average molecular weight is 348 g/mol. The zero-order chi connectivity index (χ0) is 16.8. The highest BCUT2D eigenvalue weighted by molar-refractivity contribution is 7.14. The van der Waals surface area contributed by atoms with Crippen LogP contribution in [0.2, 0.25) is 0 Å². The van der Waals surface area contributed by atoms with Gasteiger partial charge in [0.1, 0.15) is 22.2 Å². The summed E-state index contributed by atoms with van der Waals surface area (Å²) in [5, 5.41) is 7.91. The molecule has 25 heavy (non-hydrogen) atoms. The van der Waals surface area contributed by atoms with E-state index in [1.807, 2.05) is 42.1 Å². The summed E-state index contributed by atoms with van der Waals surface area (Å²) in [5.41, 5.74) is 4.10. The molecule has 1 N–H and O–H groups in total. The molecule has 3 aromatic heterocycles. The Morgan fingerprint density at radius 1 is 1.16 bits per heavy atom. The normalized spacial score (nSPS) is 14.1. The minimum atomic E-state index is 0.659. The summed E-state index contributed by atoms with van der Waals surface area (Å²) in [6, 6.07) is 12.2. The van der Waals surface area contributed by atoms with Crippen molar-refractivity contribution >= 4 is 33.4 Å². The van der Waals surface area contributed by atoms with Crippen molar-refractivity contribution in [3.8, 4) is 11.3 Å². The summed E-state index contributed by atoms with van der Waals surface area (Å²) < 4.78 is 7.51. The van der Waals surface area contributed by atoms with Crippen LogP contribution in [0.15, 0.2) is 42.7 Å². The molecule has 1 fully saturated rings. The molecular formula is C18H16N6S. The van der Waals surface area contributed by atoms with Gasteiger partial charge in [0, 0.05) is 30.3 Å². The van der Waals surface area contributed by atoms with Crippen molar-refractivity contribution in [1.29, 1.82) is 0 Å². The van der Waals surface area contributed by atoms with E-state index in [0.717, 1.165) is 33.1 Å². The van der Waals surface area contributed by atoms with Gasteiger partial charge >= 0.3 is 0 Å². The Morgan fingerprint density at radius 2 is 2.00 bits per heavy atom. The number of nitrogens with one attached hydrogen (secondary N) is 1. The first kappa shape index (κ1) is 14.5. The Balaban J connectivity index is 1.54. The van der Waals surface area contributed by atoms with Crippen LogP contribution in [-0.2, 0) is 7.05 Å². The lowest BCUT2D eigenvalue weighted by atomic mass is 10.1. The summed E-state index contributed by atoms with van der Waals surface area (Å²) in [6.07, 6.45) is 4.09. The van der Waals surface area contributed by atoms with E-state index in [2.05, 4.69) is 30.8 Å². The predicted octanol–water partition coefficient (Wildman–Crippen LogP) is 4.11. The van der Waals surface area contributed by atoms with Crippen LogP contribution in [0.4, 0.5) is 11.6 Å². The van der Waals surface area contributed by atoms with E-state index in [9.17, 15) is 0 Å². The second-order valence-electron chi connectivity index (χ2n) is 6.27. The van der Waals surface area contributed by atoms with E-state index in [1.165, 1.54) is 30.1 Å². The van der Waals surface area contributed by atoms with Gasteiger partial charge in [-0.25, -0.2) is 9.97 Å². The molecule has 3 heterocycles. The average Bonchev–Trinajstić information content (AvgIpc) is 3.27. The van der Waals surface area contributed by atoms with Crippen LogP contribution in [0.1, 0.15) is 24.5 Å². The second-order valence-corrected chi connectivity index (χ2v) is 7.05. The summed E-state index contributed by atoms with van der Waals surface area (Å²) in [4.78, 5) is 8.86. The number of hydrogen-bond acceptors (Lipinski definition) is 6. The van der Waals surface area contributed by atoms with Crippen LogP contribution in [-0.4, -0.2) is 24.1 Å². The van der Waals surface area contributed by atoms with E-state index in [0.29, 0.717) is 5.92 Å². The lowest BCUT2D eigenvalue weighted by molar-refractivity contribution is 0.716. The molecule has 6 nitrogen and oxygen atoms in total. The van der Waals surface area contributed by atoms with Crippen molar-refractivity contribution in [3.05, 3.63) is 48.4 Å². The van der Waals surface area contributed by atoms with Crippen molar-refractivity contribution in [1.82, 2.24) is 24.1 Å². The minimum Gasteiger partial charge on any atom is -0.322 e. The Kier molecular flexibility index (Phi) is 3.27. The summed E-state index contributed by atoms with van der Waals surface area (Å²) in [7, 11) is 1.99. The maximum absolute atomic E-state index is 4.60. The molecule has 0 bridgehead atoms. The van der Waals surface area contributed by atoms with Crippen molar-refractivity contribution in [2.75, 3.05) is 5.32 Å². The number of aromatic nitrogens is 5. The highest BCUT2D eigenvalue weighted by Gasteiger charge is 2.27. The number of anilines is 2. The molecule has 0 atom stereocenters. The largest absolute Gasteiger partial charge is 0.322 e. The first-order valence-corrected chi connectivity index (χ1v) is 9.03. The third kappa shape index (κ3) is 2.56. The van der Waals surface area contributed by atoms with Gasteiger partial charge in [-0.3, -0.25) is 4.68 Å². The molecule has 7 heteroatoms. The van der Waals surface area contributed by atoms with Gasteiger partial charge in [0.25, 0.3) is 0 Å². The molecule has 0 radical (unpaired) electrons. The summed E-state index contributed by atoms with van der Waals surface area (Å²) >= 11 is 1.41. The molecule has 4 aromatic rings. The van der Waals surface area contributed by atoms with Gasteiger partial charge in [0.2, 0.25) is 0 Å². The molecule has 0 amide bonds. The molecule has 1 aliphatic carbocycles. The minimum absolute atomic E-state index is 0.659. The Bertz CT molecular complexity index is 1050. The standard InChI is InChI=1S/C18H16N6S/c1-24-13(11-7-8-11)9-14(22-24)21-18-17-16(19-10-20-18)15(23-25-17)12-5-3-2-4-6-12/h2-6,9-11H,7-8H2,1H3,(H,19,20,21,22). The topological polar surface area (TPSA) is 68.5 Å². The van der Waals surface area contributed by atoms with Gasteiger partial charge in [-0.05, 0) is 24.4 Å². The number of nitrogens with zero attached hydrogens (tertiary/aromatic N) is 5. The molecule has 1 aromatic carbocycles. The van der Waals surface area contributed by atoms with Gasteiger partial charge in [-0.15, -0.1) is 0 Å². The maximum Gasteiger partial charge on any atom is 0.154 e. The molecular weight excluding hydrogens is 332 g/mol. The zero-order valence-corrected chi connectivity index (χ0v) is 14.5. The number of aryl methyl sites for hydroxylation is 1. The van der Waals surface area contributed by atoms with E-state index >= 15 is 0 Å². The van der Waals surface area contributed by atoms with Crippen LogP contribution in [0.5, 0.6) is 0 Å². The fraction of sp³-hybridized carbons (Fsp3) is 0.222. The van der Waals surface area contributed by atoms with Crippen LogP contribution < -0.4 is 5.32 Å². The van der Waals surface area contributed by atoms with Gasteiger partial charge in [-0.2, -0.15) is 9.47 Å². The van der Waals surface area contributed by atoms with Crippen LogP contribution in [0.3, 0.4) is 0 Å². The van der Waals surface area contributed by atoms with Crippen LogP contribution >= 0.6 is 11.5 Å². The quantitative estimate of drug-likeness (QED) is 0.601. The van der Waals surface area contributed by atoms with Crippen molar-refractivity contribution in [3.63, 3.8) is 0 Å². The fourth-order valence-corrected chi connectivity index (χ4v) is 3.86. The molecule has 5 rings (SSSR count). The zero-order valence-electron chi connectivity index (χ0n) is 13.7. The van der Waals surface area contributed by atoms with E-state index in [1.54, 1.807) is 6.33 Å². The van der Waals surface area contributed by atoms with Crippen molar-refractivity contribution in [2.24, 2.45) is 7.05 Å². The number of benzene rings is 1. The van der Waals surface area contributed by atoms with Gasteiger partial charge in [0.15, 0.2) is 11.6 Å². The van der Waals surface area contributed by atoms with E-state index in [-0.39, 0.29) is 0 Å². The molecule has 0 spiro atoms. The Labute approximate surface area is 148 Å². The number of rotatable bonds is 4. The van der Waals surface area contributed by atoms with Crippen molar-refractivity contribution in [2.45, 2.75) is 18.8 Å². The molecule has 124 valence electrons. The molecule has 0 aliphatic heterocycles. The third-order valence-corrected chi connectivity index (χ3v) is 5.30. The molecule has 1 aliphatic rings. The van der Waals surface area contributed by atoms with Gasteiger partial charge < -0.3 is 5.32 Å².